The first-order chi connectivity index (χ1) is 4.72. The molecule has 10 heavy (non-hydrogen) atoms. The molecule has 3 nitrogen and oxygen atoms in total. The molecular weight excluding hydrogens is 243 g/mol. The Hall–Kier alpha value is 0. The second-order valence-corrected chi connectivity index (χ2v) is 3.69. The molecule has 0 bridgehead atoms. The quantitative estimate of drug-likeness (QED) is 0.525. The van der Waals surface area contributed by atoms with Gasteiger partial charge in [0.2, 0.25) is 0 Å². The maximum absolute atomic E-state index is 4.96. The predicted octanol–water partition coefficient (Wildman–Crippen LogP) is 1.64. The summed E-state index contributed by atoms with van der Waals surface area (Å²) in [5.74, 6) is 1.49. The molecule has 0 saturated carbocycles. The summed E-state index contributed by atoms with van der Waals surface area (Å²) in [6.07, 6.45) is 0. The minimum Gasteiger partial charge on any atom is -0.392 e. The van der Waals surface area contributed by atoms with Crippen LogP contribution in [0.5, 0.6) is 0 Å². The number of nitrogens with zero attached hydrogens (tertiary/aromatic N) is 2. The minimum absolute atomic E-state index is 0.456. The number of rotatable bonds is 1. The molecule has 0 radical (unpaired) electrons. The molecule has 1 aliphatic rings. The first kappa shape index (κ1) is 8.10. The Balaban J connectivity index is 2.61. The average molecular weight is 254 g/mol. The van der Waals surface area contributed by atoms with Crippen LogP contribution in [-0.4, -0.2) is 22.1 Å². The molecule has 0 aliphatic carbocycles. The molecule has 0 saturated heterocycles. The summed E-state index contributed by atoms with van der Waals surface area (Å²) in [5.41, 5.74) is 0. The predicted molar refractivity (Wildman–Crippen MR) is 49.0 cm³/mol. The number of amidine groups is 1. The Morgan fingerprint density at radius 3 is 2.80 bits per heavy atom. The van der Waals surface area contributed by atoms with Crippen molar-refractivity contribution in [3.63, 3.8) is 0 Å². The standard InChI is InChI=1S/C6H11IN2O/c1-5(2)6-8-10-4-3-9(6)7/h5H,3-4H2,1-2H3. The lowest BCUT2D eigenvalue weighted by molar-refractivity contribution is 0.121. The first-order valence-electron chi connectivity index (χ1n) is 3.35. The Morgan fingerprint density at radius 2 is 2.40 bits per heavy atom. The second kappa shape index (κ2) is 3.41. The van der Waals surface area contributed by atoms with Gasteiger partial charge in [0.1, 0.15) is 6.61 Å². The van der Waals surface area contributed by atoms with Gasteiger partial charge in [-0.2, -0.15) is 0 Å². The Labute approximate surface area is 74.9 Å². The number of hydrogen-bond acceptors (Lipinski definition) is 3. The number of halogens is 1. The summed E-state index contributed by atoms with van der Waals surface area (Å²) < 4.78 is 2.10. The van der Waals surface area contributed by atoms with Crippen molar-refractivity contribution in [3.8, 4) is 0 Å². The van der Waals surface area contributed by atoms with Gasteiger partial charge in [-0.3, -0.25) is 3.11 Å². The zero-order valence-corrected chi connectivity index (χ0v) is 8.33. The fourth-order valence-electron chi connectivity index (χ4n) is 0.777. The van der Waals surface area contributed by atoms with E-state index in [1.54, 1.807) is 0 Å². The molecule has 4 heteroatoms. The molecule has 0 atom stereocenters. The first-order valence-corrected chi connectivity index (χ1v) is 4.31. The number of oxime groups is 1. The van der Waals surface area contributed by atoms with Crippen LogP contribution in [0, 0.1) is 5.92 Å². The van der Waals surface area contributed by atoms with Crippen molar-refractivity contribution in [1.82, 2.24) is 3.11 Å². The van der Waals surface area contributed by atoms with E-state index in [4.69, 9.17) is 4.84 Å². The van der Waals surface area contributed by atoms with E-state index in [0.717, 1.165) is 12.4 Å². The van der Waals surface area contributed by atoms with Crippen molar-refractivity contribution < 1.29 is 4.84 Å². The Morgan fingerprint density at radius 1 is 1.70 bits per heavy atom. The van der Waals surface area contributed by atoms with Crippen molar-refractivity contribution in [2.45, 2.75) is 13.8 Å². The van der Waals surface area contributed by atoms with Gasteiger partial charge in [0, 0.05) is 5.92 Å². The molecule has 0 aromatic rings. The van der Waals surface area contributed by atoms with Crippen LogP contribution in [0.1, 0.15) is 13.8 Å². The van der Waals surface area contributed by atoms with Crippen LogP contribution >= 0.6 is 22.9 Å². The molecular formula is C6H11IN2O. The van der Waals surface area contributed by atoms with Crippen LogP contribution < -0.4 is 0 Å². The lowest BCUT2D eigenvalue weighted by atomic mass is 10.2. The van der Waals surface area contributed by atoms with Gasteiger partial charge in [-0.05, 0) is 0 Å². The lowest BCUT2D eigenvalue weighted by Gasteiger charge is -2.23. The van der Waals surface area contributed by atoms with Gasteiger partial charge in [0.05, 0.1) is 29.4 Å². The van der Waals surface area contributed by atoms with E-state index in [1.807, 2.05) is 0 Å². The largest absolute Gasteiger partial charge is 0.392 e. The molecule has 1 aliphatic heterocycles. The third-order valence-corrected chi connectivity index (χ3v) is 2.28. The van der Waals surface area contributed by atoms with Crippen LogP contribution in [0.2, 0.25) is 0 Å². The molecule has 1 rings (SSSR count). The molecule has 0 aromatic carbocycles. The highest BCUT2D eigenvalue weighted by molar-refractivity contribution is 14.1. The van der Waals surface area contributed by atoms with Crippen molar-refractivity contribution >= 4 is 28.7 Å². The van der Waals surface area contributed by atoms with Crippen molar-refractivity contribution in [2.75, 3.05) is 13.2 Å². The van der Waals surface area contributed by atoms with E-state index in [1.165, 1.54) is 0 Å². The van der Waals surface area contributed by atoms with E-state index in [2.05, 4.69) is 45.0 Å². The van der Waals surface area contributed by atoms with Crippen LogP contribution in [-0.2, 0) is 4.84 Å². The Bertz CT molecular complexity index is 147. The van der Waals surface area contributed by atoms with Gasteiger partial charge in [-0.25, -0.2) is 0 Å². The summed E-state index contributed by atoms with van der Waals surface area (Å²) in [4.78, 5) is 4.96. The average Bonchev–Trinajstić information content (AvgIpc) is 1.88. The summed E-state index contributed by atoms with van der Waals surface area (Å²) >= 11 is 2.26. The van der Waals surface area contributed by atoms with Crippen LogP contribution in [0.15, 0.2) is 5.16 Å². The maximum Gasteiger partial charge on any atom is 0.155 e. The van der Waals surface area contributed by atoms with Gasteiger partial charge in [0.15, 0.2) is 5.84 Å². The van der Waals surface area contributed by atoms with Crippen LogP contribution in [0.3, 0.4) is 0 Å². The van der Waals surface area contributed by atoms with E-state index < -0.39 is 0 Å². The van der Waals surface area contributed by atoms with Gasteiger partial charge in [-0.15, -0.1) is 0 Å². The molecule has 0 unspecified atom stereocenters. The second-order valence-electron chi connectivity index (χ2n) is 2.52. The van der Waals surface area contributed by atoms with Crippen molar-refractivity contribution in [1.29, 1.82) is 0 Å². The third-order valence-electron chi connectivity index (χ3n) is 1.30. The summed E-state index contributed by atoms with van der Waals surface area (Å²) in [6, 6.07) is 0. The molecule has 58 valence electrons. The third kappa shape index (κ3) is 1.74. The van der Waals surface area contributed by atoms with E-state index in [-0.39, 0.29) is 0 Å². The van der Waals surface area contributed by atoms with E-state index in [9.17, 15) is 0 Å². The Kier molecular flexibility index (Phi) is 2.76. The summed E-state index contributed by atoms with van der Waals surface area (Å²) in [7, 11) is 0. The topological polar surface area (TPSA) is 24.8 Å². The smallest absolute Gasteiger partial charge is 0.155 e. The summed E-state index contributed by atoms with van der Waals surface area (Å²) in [6.45, 7) is 5.87. The molecule has 0 amide bonds. The molecule has 0 N–H and O–H groups in total. The van der Waals surface area contributed by atoms with E-state index >= 15 is 0 Å². The van der Waals surface area contributed by atoms with Gasteiger partial charge < -0.3 is 4.84 Å². The van der Waals surface area contributed by atoms with Gasteiger partial charge >= 0.3 is 0 Å². The van der Waals surface area contributed by atoms with Crippen LogP contribution in [0.25, 0.3) is 0 Å². The van der Waals surface area contributed by atoms with Crippen LogP contribution in [0.4, 0.5) is 0 Å². The van der Waals surface area contributed by atoms with Gasteiger partial charge in [-0.1, -0.05) is 19.0 Å². The maximum atomic E-state index is 4.96. The molecule has 0 aromatic heterocycles. The molecule has 0 fully saturated rings. The molecule has 0 spiro atoms. The number of hydrogen-bond donors (Lipinski definition) is 0. The highest BCUT2D eigenvalue weighted by atomic mass is 127. The normalized spacial score (nSPS) is 18.8. The highest BCUT2D eigenvalue weighted by Gasteiger charge is 2.16. The monoisotopic (exact) mass is 254 g/mol. The minimum atomic E-state index is 0.456. The molecule has 1 heterocycles. The zero-order valence-electron chi connectivity index (χ0n) is 6.17. The van der Waals surface area contributed by atoms with Gasteiger partial charge in [0.25, 0.3) is 0 Å². The SMILES string of the molecule is CC(C)C1=NOCCN1I. The van der Waals surface area contributed by atoms with Crippen molar-refractivity contribution in [2.24, 2.45) is 11.1 Å². The van der Waals surface area contributed by atoms with Crippen molar-refractivity contribution in [3.05, 3.63) is 0 Å². The summed E-state index contributed by atoms with van der Waals surface area (Å²) in [5, 5.41) is 3.95. The zero-order chi connectivity index (χ0) is 7.56. The lowest BCUT2D eigenvalue weighted by Crippen LogP contribution is -2.32. The fraction of sp³-hybridized carbons (Fsp3) is 0.833. The van der Waals surface area contributed by atoms with E-state index in [0.29, 0.717) is 12.5 Å². The fourth-order valence-corrected chi connectivity index (χ4v) is 1.62. The highest BCUT2D eigenvalue weighted by Crippen LogP contribution is 2.12.